The Morgan fingerprint density at radius 3 is 2.75 bits per heavy atom. The third-order valence-corrected chi connectivity index (χ3v) is 2.43. The van der Waals surface area contributed by atoms with Crippen LogP contribution in [0.15, 0.2) is 18.2 Å². The molecule has 0 saturated heterocycles. The predicted octanol–water partition coefficient (Wildman–Crippen LogP) is 0.629. The number of tetrazole rings is 1. The van der Waals surface area contributed by atoms with Crippen molar-refractivity contribution in [3.05, 3.63) is 28.8 Å². The number of aromatic nitrogens is 4. The monoisotopic (exact) mass is 237 g/mol. The van der Waals surface area contributed by atoms with Crippen LogP contribution < -0.4 is 5.73 Å². The van der Waals surface area contributed by atoms with Gasteiger partial charge in [-0.1, -0.05) is 17.7 Å². The first-order chi connectivity index (χ1) is 7.59. The minimum absolute atomic E-state index is 0.278. The van der Waals surface area contributed by atoms with E-state index in [9.17, 15) is 4.79 Å². The Kier molecular flexibility index (Phi) is 2.57. The smallest absolute Gasteiger partial charge is 0.250 e. The van der Waals surface area contributed by atoms with Gasteiger partial charge in [0.05, 0.1) is 10.6 Å². The summed E-state index contributed by atoms with van der Waals surface area (Å²) in [5, 5.41) is 11.3. The maximum Gasteiger partial charge on any atom is 0.250 e. The van der Waals surface area contributed by atoms with E-state index >= 15 is 0 Å². The number of nitrogens with two attached hydrogens (primary N) is 1. The number of aryl methyl sites for hydroxylation is 1. The zero-order valence-electron chi connectivity index (χ0n) is 8.38. The normalized spacial score (nSPS) is 10.4. The lowest BCUT2D eigenvalue weighted by Gasteiger charge is -2.02. The summed E-state index contributed by atoms with van der Waals surface area (Å²) in [6, 6.07) is 4.85. The van der Waals surface area contributed by atoms with Crippen LogP contribution in [0.25, 0.3) is 11.4 Å². The minimum Gasteiger partial charge on any atom is -0.366 e. The number of carbonyl (C=O) groups is 1. The van der Waals surface area contributed by atoms with E-state index in [1.165, 1.54) is 4.68 Å². The van der Waals surface area contributed by atoms with Gasteiger partial charge in [0.15, 0.2) is 5.82 Å². The van der Waals surface area contributed by atoms with Gasteiger partial charge in [-0.3, -0.25) is 4.79 Å². The van der Waals surface area contributed by atoms with Crippen molar-refractivity contribution in [1.29, 1.82) is 0 Å². The van der Waals surface area contributed by atoms with Gasteiger partial charge >= 0.3 is 0 Å². The van der Waals surface area contributed by atoms with Gasteiger partial charge < -0.3 is 5.73 Å². The molecule has 0 aliphatic carbocycles. The minimum atomic E-state index is -0.562. The molecule has 0 saturated carbocycles. The van der Waals surface area contributed by atoms with Crippen molar-refractivity contribution in [3.63, 3.8) is 0 Å². The molecule has 1 aromatic carbocycles. The number of benzene rings is 1. The number of carbonyl (C=O) groups excluding carboxylic acids is 1. The van der Waals surface area contributed by atoms with Crippen LogP contribution >= 0.6 is 11.6 Å². The molecule has 0 bridgehead atoms. The van der Waals surface area contributed by atoms with Crippen LogP contribution in [0.4, 0.5) is 0 Å². The highest BCUT2D eigenvalue weighted by Gasteiger charge is 2.11. The summed E-state index contributed by atoms with van der Waals surface area (Å²) in [6.45, 7) is 0. The van der Waals surface area contributed by atoms with Crippen molar-refractivity contribution in [2.75, 3.05) is 0 Å². The highest BCUT2D eigenvalue weighted by molar-refractivity contribution is 6.34. The summed E-state index contributed by atoms with van der Waals surface area (Å²) in [5.41, 5.74) is 6.15. The molecule has 7 heteroatoms. The summed E-state index contributed by atoms with van der Waals surface area (Å²) in [6.07, 6.45) is 0. The van der Waals surface area contributed by atoms with Crippen molar-refractivity contribution >= 4 is 17.5 Å². The SMILES string of the molecule is Cn1nnnc1-c1ccc(C(N)=O)c(Cl)c1. The predicted molar refractivity (Wildman–Crippen MR) is 57.8 cm³/mol. The van der Waals surface area contributed by atoms with Crippen molar-refractivity contribution in [3.8, 4) is 11.4 Å². The molecule has 1 aromatic heterocycles. The number of halogens is 1. The van der Waals surface area contributed by atoms with Gasteiger partial charge in [-0.25, -0.2) is 4.68 Å². The van der Waals surface area contributed by atoms with E-state index in [1.807, 2.05) is 0 Å². The molecule has 0 spiro atoms. The Labute approximate surface area is 96.0 Å². The van der Waals surface area contributed by atoms with Gasteiger partial charge in [0.25, 0.3) is 0 Å². The van der Waals surface area contributed by atoms with Crippen LogP contribution in [0.3, 0.4) is 0 Å². The van der Waals surface area contributed by atoms with Crippen LogP contribution in [-0.2, 0) is 7.05 Å². The van der Waals surface area contributed by atoms with Crippen molar-refractivity contribution in [2.45, 2.75) is 0 Å². The maximum absolute atomic E-state index is 11.0. The molecule has 0 aliphatic rings. The Hall–Kier alpha value is -1.95. The fraction of sp³-hybridized carbons (Fsp3) is 0.111. The first-order valence-corrected chi connectivity index (χ1v) is 4.79. The number of primary amides is 1. The molecule has 0 aliphatic heterocycles. The van der Waals surface area contributed by atoms with E-state index in [0.717, 1.165) is 5.56 Å². The van der Waals surface area contributed by atoms with E-state index in [-0.39, 0.29) is 10.6 Å². The lowest BCUT2D eigenvalue weighted by atomic mass is 10.1. The van der Waals surface area contributed by atoms with E-state index in [1.54, 1.807) is 25.2 Å². The van der Waals surface area contributed by atoms with Gasteiger partial charge in [0, 0.05) is 12.6 Å². The fourth-order valence-electron chi connectivity index (χ4n) is 1.33. The van der Waals surface area contributed by atoms with Crippen molar-refractivity contribution in [2.24, 2.45) is 12.8 Å². The topological polar surface area (TPSA) is 86.7 Å². The summed E-state index contributed by atoms with van der Waals surface area (Å²) < 4.78 is 1.51. The van der Waals surface area contributed by atoms with Crippen LogP contribution in [0.2, 0.25) is 5.02 Å². The first kappa shape index (κ1) is 10.6. The largest absolute Gasteiger partial charge is 0.366 e. The second kappa shape index (κ2) is 3.90. The third-order valence-electron chi connectivity index (χ3n) is 2.11. The Bertz CT molecular complexity index is 551. The molecular formula is C9H8ClN5O. The molecule has 1 heterocycles. The van der Waals surface area contributed by atoms with Gasteiger partial charge in [0.1, 0.15) is 0 Å². The zero-order valence-corrected chi connectivity index (χ0v) is 9.14. The molecule has 0 atom stereocenters. The number of amides is 1. The Morgan fingerprint density at radius 1 is 1.50 bits per heavy atom. The second-order valence-corrected chi connectivity index (χ2v) is 3.59. The molecule has 0 unspecified atom stereocenters. The van der Waals surface area contributed by atoms with Gasteiger partial charge in [-0.05, 0) is 22.6 Å². The molecular weight excluding hydrogens is 230 g/mol. The lowest BCUT2D eigenvalue weighted by molar-refractivity contribution is 0.100. The van der Waals surface area contributed by atoms with E-state index < -0.39 is 5.91 Å². The molecule has 1 amide bonds. The van der Waals surface area contributed by atoms with Crippen LogP contribution in [-0.4, -0.2) is 26.1 Å². The molecule has 2 N–H and O–H groups in total. The fourth-order valence-corrected chi connectivity index (χ4v) is 1.60. The summed E-state index contributed by atoms with van der Waals surface area (Å²) in [4.78, 5) is 11.0. The zero-order chi connectivity index (χ0) is 11.7. The Morgan fingerprint density at radius 2 is 2.25 bits per heavy atom. The molecule has 0 fully saturated rings. The second-order valence-electron chi connectivity index (χ2n) is 3.18. The van der Waals surface area contributed by atoms with Gasteiger partial charge in [-0.15, -0.1) is 5.10 Å². The molecule has 16 heavy (non-hydrogen) atoms. The molecule has 82 valence electrons. The van der Waals surface area contributed by atoms with E-state index in [4.69, 9.17) is 17.3 Å². The number of hydrogen-bond donors (Lipinski definition) is 1. The van der Waals surface area contributed by atoms with E-state index in [0.29, 0.717) is 5.82 Å². The summed E-state index contributed by atoms with van der Waals surface area (Å²) in [5.74, 6) is 0.00515. The first-order valence-electron chi connectivity index (χ1n) is 4.41. The molecule has 6 nitrogen and oxygen atoms in total. The average Bonchev–Trinajstić information content (AvgIpc) is 2.63. The van der Waals surface area contributed by atoms with Crippen molar-refractivity contribution in [1.82, 2.24) is 20.2 Å². The van der Waals surface area contributed by atoms with Crippen LogP contribution in [0.1, 0.15) is 10.4 Å². The van der Waals surface area contributed by atoms with Crippen LogP contribution in [0, 0.1) is 0 Å². The highest BCUT2D eigenvalue weighted by Crippen LogP contribution is 2.23. The van der Waals surface area contributed by atoms with Crippen LogP contribution in [0.5, 0.6) is 0 Å². The Balaban J connectivity index is 2.50. The maximum atomic E-state index is 11.0. The molecule has 0 radical (unpaired) electrons. The quantitative estimate of drug-likeness (QED) is 0.830. The van der Waals surface area contributed by atoms with Gasteiger partial charge in [0.2, 0.25) is 5.91 Å². The van der Waals surface area contributed by atoms with E-state index in [2.05, 4.69) is 15.5 Å². The number of hydrogen-bond acceptors (Lipinski definition) is 4. The standard InChI is InChI=1S/C9H8ClN5O/c1-15-9(12-13-14-15)5-2-3-6(8(11)16)7(10)4-5/h2-4H,1H3,(H2,11,16). The summed E-state index contributed by atoms with van der Waals surface area (Å²) >= 11 is 5.91. The van der Waals surface area contributed by atoms with Gasteiger partial charge in [-0.2, -0.15) is 0 Å². The summed E-state index contributed by atoms with van der Waals surface area (Å²) in [7, 11) is 1.71. The van der Waals surface area contributed by atoms with Crippen molar-refractivity contribution < 1.29 is 4.79 Å². The molecule has 2 aromatic rings. The number of nitrogens with zero attached hydrogens (tertiary/aromatic N) is 4. The highest BCUT2D eigenvalue weighted by atomic mass is 35.5. The average molecular weight is 238 g/mol. The molecule has 2 rings (SSSR count). The lowest BCUT2D eigenvalue weighted by Crippen LogP contribution is -2.11. The number of rotatable bonds is 2. The third kappa shape index (κ3) is 1.74.